The number of nitrogens with zero attached hydrogens (tertiary/aromatic N) is 1. The minimum Gasteiger partial charge on any atom is -0.496 e. The lowest BCUT2D eigenvalue weighted by Crippen LogP contribution is -2.56. The quantitative estimate of drug-likeness (QED) is 0.579. The van der Waals surface area contributed by atoms with Crippen LogP contribution in [-0.4, -0.2) is 56.0 Å². The molecule has 2 fully saturated rings. The maximum absolute atomic E-state index is 12.4. The number of piperazine rings is 1. The Bertz CT molecular complexity index is 728. The van der Waals surface area contributed by atoms with Crippen molar-refractivity contribution in [2.75, 3.05) is 33.3 Å². The van der Waals surface area contributed by atoms with E-state index in [-0.39, 0.29) is 18.2 Å². The van der Waals surface area contributed by atoms with Gasteiger partial charge in [0.25, 0.3) is 0 Å². The van der Waals surface area contributed by atoms with Crippen LogP contribution in [0.2, 0.25) is 0 Å². The van der Waals surface area contributed by atoms with Gasteiger partial charge < -0.3 is 15.4 Å². The highest BCUT2D eigenvalue weighted by molar-refractivity contribution is 5.88. The molecular formula is C24H35N3O3. The number of benzene rings is 1. The molecule has 0 radical (unpaired) electrons. The van der Waals surface area contributed by atoms with E-state index < -0.39 is 6.04 Å². The fourth-order valence-electron chi connectivity index (χ4n) is 4.49. The molecule has 6 nitrogen and oxygen atoms in total. The van der Waals surface area contributed by atoms with Crippen LogP contribution in [0.25, 0.3) is 6.08 Å². The molecule has 0 unspecified atom stereocenters. The molecule has 6 heteroatoms. The molecule has 1 atom stereocenters. The van der Waals surface area contributed by atoms with Gasteiger partial charge in [0.2, 0.25) is 11.8 Å². The van der Waals surface area contributed by atoms with Gasteiger partial charge in [-0.15, -0.1) is 0 Å². The Morgan fingerprint density at radius 2 is 2.10 bits per heavy atom. The van der Waals surface area contributed by atoms with Gasteiger partial charge in [0, 0.05) is 31.7 Å². The number of ether oxygens (including phenoxy) is 1. The van der Waals surface area contributed by atoms with Gasteiger partial charge in [0.05, 0.1) is 19.6 Å². The molecule has 2 aliphatic rings. The highest BCUT2D eigenvalue weighted by Crippen LogP contribution is 2.28. The molecule has 1 aromatic rings. The van der Waals surface area contributed by atoms with Crippen molar-refractivity contribution in [3.63, 3.8) is 0 Å². The molecule has 30 heavy (non-hydrogen) atoms. The Hall–Kier alpha value is -2.34. The first kappa shape index (κ1) is 22.3. The number of methoxy groups -OCH3 is 1. The normalized spacial score (nSPS) is 20.4. The third kappa shape index (κ3) is 6.59. The van der Waals surface area contributed by atoms with Gasteiger partial charge in [-0.05, 0) is 24.8 Å². The molecule has 3 rings (SSSR count). The van der Waals surface area contributed by atoms with Gasteiger partial charge in [-0.2, -0.15) is 0 Å². The molecule has 1 aliphatic carbocycles. The van der Waals surface area contributed by atoms with Gasteiger partial charge in [-0.1, -0.05) is 56.0 Å². The summed E-state index contributed by atoms with van der Waals surface area (Å²) in [7, 11) is 1.66. The van der Waals surface area contributed by atoms with Crippen LogP contribution in [-0.2, 0) is 9.59 Å². The third-order valence-electron chi connectivity index (χ3n) is 6.18. The summed E-state index contributed by atoms with van der Waals surface area (Å²) in [5.74, 6) is 1.56. The number of para-hydroxylation sites is 1. The second kappa shape index (κ2) is 11.7. The Kier molecular flexibility index (Phi) is 8.75. The maximum Gasteiger partial charge on any atom is 0.237 e. The number of carbonyl (C=O) groups is 2. The molecule has 1 aliphatic heterocycles. The van der Waals surface area contributed by atoms with Gasteiger partial charge >= 0.3 is 0 Å². The van der Waals surface area contributed by atoms with Crippen LogP contribution >= 0.6 is 0 Å². The van der Waals surface area contributed by atoms with E-state index in [0.29, 0.717) is 19.6 Å². The topological polar surface area (TPSA) is 70.7 Å². The average Bonchev–Trinajstić information content (AvgIpc) is 3.27. The van der Waals surface area contributed by atoms with Crippen molar-refractivity contribution in [1.29, 1.82) is 0 Å². The molecule has 0 aromatic heterocycles. The Labute approximate surface area is 180 Å². The van der Waals surface area contributed by atoms with Crippen molar-refractivity contribution in [3.8, 4) is 5.75 Å². The van der Waals surface area contributed by atoms with Gasteiger partial charge in [0.1, 0.15) is 5.75 Å². The summed E-state index contributed by atoms with van der Waals surface area (Å²) >= 11 is 0. The van der Waals surface area contributed by atoms with Crippen molar-refractivity contribution in [1.82, 2.24) is 15.5 Å². The van der Waals surface area contributed by atoms with Crippen molar-refractivity contribution in [3.05, 3.63) is 35.9 Å². The maximum atomic E-state index is 12.4. The molecule has 2 amide bonds. The number of carbonyl (C=O) groups excluding carboxylic acids is 2. The molecule has 0 bridgehead atoms. The van der Waals surface area contributed by atoms with Crippen LogP contribution in [0.15, 0.2) is 30.3 Å². The third-order valence-corrected chi connectivity index (χ3v) is 6.18. The van der Waals surface area contributed by atoms with E-state index in [2.05, 4.69) is 15.5 Å². The van der Waals surface area contributed by atoms with Gasteiger partial charge in [-0.3, -0.25) is 14.5 Å². The Balaban J connectivity index is 1.46. The molecule has 1 saturated heterocycles. The smallest absolute Gasteiger partial charge is 0.237 e. The number of nitrogens with one attached hydrogen (secondary N) is 2. The summed E-state index contributed by atoms with van der Waals surface area (Å²) in [6, 6.07) is 7.41. The predicted molar refractivity (Wildman–Crippen MR) is 119 cm³/mol. The summed E-state index contributed by atoms with van der Waals surface area (Å²) in [5, 5.41) is 5.91. The SMILES string of the molecule is COc1ccccc1/C=C/CN1CCNC(=O)[C@@H]1CC(=O)NCCCC1CCCC1. The fourth-order valence-corrected chi connectivity index (χ4v) is 4.49. The highest BCUT2D eigenvalue weighted by atomic mass is 16.5. The lowest BCUT2D eigenvalue weighted by molar-refractivity contribution is -0.133. The number of hydrogen-bond donors (Lipinski definition) is 2. The van der Waals surface area contributed by atoms with Crippen molar-refractivity contribution >= 4 is 17.9 Å². The minimum atomic E-state index is -0.420. The van der Waals surface area contributed by atoms with Gasteiger partial charge in [-0.25, -0.2) is 0 Å². The average molecular weight is 414 g/mol. The zero-order chi connectivity index (χ0) is 21.2. The van der Waals surface area contributed by atoms with Crippen LogP contribution in [0.1, 0.15) is 50.5 Å². The van der Waals surface area contributed by atoms with E-state index in [4.69, 9.17) is 4.74 Å². The summed E-state index contributed by atoms with van der Waals surface area (Å²) in [4.78, 5) is 26.9. The molecule has 164 valence electrons. The summed E-state index contributed by atoms with van der Waals surface area (Å²) in [6.07, 6.45) is 11.9. The first-order valence-corrected chi connectivity index (χ1v) is 11.3. The van der Waals surface area contributed by atoms with Crippen LogP contribution < -0.4 is 15.4 Å². The summed E-state index contributed by atoms with van der Waals surface area (Å²) < 4.78 is 5.38. The molecule has 1 heterocycles. The first-order chi connectivity index (χ1) is 14.7. The van der Waals surface area contributed by atoms with Crippen LogP contribution in [0, 0.1) is 5.92 Å². The van der Waals surface area contributed by atoms with Gasteiger partial charge in [0.15, 0.2) is 0 Å². The molecule has 1 aromatic carbocycles. The highest BCUT2D eigenvalue weighted by Gasteiger charge is 2.30. The standard InChI is InChI=1S/C24H35N3O3/c1-30-22-13-5-4-11-20(22)12-7-16-27-17-15-26-24(29)21(27)18-23(28)25-14-6-10-19-8-2-3-9-19/h4-5,7,11-13,19,21H,2-3,6,8-10,14-18H2,1H3,(H,25,28)(H,26,29)/b12-7+/t21-/m0/s1. The van der Waals surface area contributed by atoms with E-state index >= 15 is 0 Å². The molecule has 2 N–H and O–H groups in total. The number of rotatable bonds is 10. The summed E-state index contributed by atoms with van der Waals surface area (Å²) in [5.41, 5.74) is 0.998. The second-order valence-electron chi connectivity index (χ2n) is 8.29. The van der Waals surface area contributed by atoms with Crippen LogP contribution in [0.5, 0.6) is 5.75 Å². The molecule has 1 saturated carbocycles. The number of amides is 2. The zero-order valence-electron chi connectivity index (χ0n) is 18.1. The van der Waals surface area contributed by atoms with Crippen LogP contribution in [0.4, 0.5) is 0 Å². The molecular weight excluding hydrogens is 378 g/mol. The lowest BCUT2D eigenvalue weighted by atomic mass is 10.0. The Morgan fingerprint density at radius 1 is 1.30 bits per heavy atom. The Morgan fingerprint density at radius 3 is 2.90 bits per heavy atom. The largest absolute Gasteiger partial charge is 0.496 e. The summed E-state index contributed by atoms with van der Waals surface area (Å²) in [6.45, 7) is 2.67. The number of hydrogen-bond acceptors (Lipinski definition) is 4. The lowest BCUT2D eigenvalue weighted by Gasteiger charge is -2.33. The van der Waals surface area contributed by atoms with E-state index in [9.17, 15) is 9.59 Å². The van der Waals surface area contributed by atoms with E-state index in [1.54, 1.807) is 7.11 Å². The van der Waals surface area contributed by atoms with Crippen molar-refractivity contribution in [2.24, 2.45) is 5.92 Å². The van der Waals surface area contributed by atoms with Crippen LogP contribution in [0.3, 0.4) is 0 Å². The van der Waals surface area contributed by atoms with Crippen molar-refractivity contribution in [2.45, 2.75) is 51.0 Å². The monoisotopic (exact) mass is 413 g/mol. The fraction of sp³-hybridized carbons (Fsp3) is 0.583. The zero-order valence-corrected chi connectivity index (χ0v) is 18.1. The minimum absolute atomic E-state index is 0.0396. The van der Waals surface area contributed by atoms with E-state index in [0.717, 1.165) is 30.2 Å². The van der Waals surface area contributed by atoms with E-state index in [1.165, 1.54) is 32.1 Å². The second-order valence-corrected chi connectivity index (χ2v) is 8.29. The van der Waals surface area contributed by atoms with Crippen molar-refractivity contribution < 1.29 is 14.3 Å². The first-order valence-electron chi connectivity index (χ1n) is 11.3. The predicted octanol–water partition coefficient (Wildman–Crippen LogP) is 2.99. The molecule has 0 spiro atoms. The van der Waals surface area contributed by atoms with E-state index in [1.807, 2.05) is 36.4 Å².